The third-order valence-electron chi connectivity index (χ3n) is 10.1. The number of methoxy groups -OCH3 is 1. The molecule has 2 fully saturated rings. The summed E-state index contributed by atoms with van der Waals surface area (Å²) in [6, 6.07) is 15.4. The third-order valence-corrected chi connectivity index (χ3v) is 13.8. The molecule has 2 aromatic heterocycles. The number of halogens is 2. The van der Waals surface area contributed by atoms with Crippen molar-refractivity contribution in [2.75, 3.05) is 13.7 Å². The summed E-state index contributed by atoms with van der Waals surface area (Å²) in [5, 5.41) is 6.13. The van der Waals surface area contributed by atoms with Gasteiger partial charge in [0.1, 0.15) is 49.4 Å². The van der Waals surface area contributed by atoms with E-state index in [1.54, 1.807) is 66.9 Å². The van der Waals surface area contributed by atoms with E-state index in [1.807, 2.05) is 36.4 Å². The zero-order chi connectivity index (χ0) is 43.9. The molecular weight excluding hydrogens is 854 g/mol. The summed E-state index contributed by atoms with van der Waals surface area (Å²) in [4.78, 5) is 62.5. The van der Waals surface area contributed by atoms with Crippen molar-refractivity contribution in [2.24, 2.45) is 11.3 Å². The Kier molecular flexibility index (Phi) is 12.6. The number of aromatic nitrogens is 1. The summed E-state index contributed by atoms with van der Waals surface area (Å²) in [6.07, 6.45) is -0.162. The number of thiophene rings is 1. The van der Waals surface area contributed by atoms with Gasteiger partial charge in [-0.3, -0.25) is 14.4 Å². The Morgan fingerprint density at radius 3 is 2.32 bits per heavy atom. The van der Waals surface area contributed by atoms with Gasteiger partial charge in [0.15, 0.2) is 0 Å². The van der Waals surface area contributed by atoms with Crippen molar-refractivity contribution in [3.05, 3.63) is 82.7 Å². The first kappa shape index (κ1) is 44.6. The predicted molar refractivity (Wildman–Crippen MR) is 230 cm³/mol. The second-order valence-electron chi connectivity index (χ2n) is 16.8. The molecule has 320 valence electrons. The Morgan fingerprint density at radius 2 is 1.73 bits per heavy atom. The number of carbonyl (C=O) groups excluding carboxylic acids is 4. The molecule has 0 bridgehead atoms. The van der Waals surface area contributed by atoms with Crippen LogP contribution in [0.25, 0.3) is 22.2 Å². The lowest BCUT2D eigenvalue weighted by molar-refractivity contribution is -0.143. The molecule has 1 saturated carbocycles. The fourth-order valence-electron chi connectivity index (χ4n) is 7.01. The summed E-state index contributed by atoms with van der Waals surface area (Å²) in [5.41, 5.74) is -1.43. The molecule has 1 saturated heterocycles. The van der Waals surface area contributed by atoms with E-state index in [1.165, 1.54) is 11.0 Å². The van der Waals surface area contributed by atoms with E-state index < -0.39 is 74.5 Å². The zero-order valence-electron chi connectivity index (χ0n) is 34.1. The molecule has 1 aliphatic carbocycles. The SMILES string of the molecule is C=C[C@@H]1C[C@]1(NC(=O)[C@@H]1C[C@@H](Oc2cc(-c3ccccc3)nc3cc(OC)ccc23)CN1C(=O)[C@@H](NC(=O)OC(C)(C)C)C(C)(C)C)C(=O)NS(=O)(=O)c1cc(Cl)c(Cl)s1. The van der Waals surface area contributed by atoms with Gasteiger partial charge in [0.25, 0.3) is 15.9 Å². The van der Waals surface area contributed by atoms with E-state index in [0.29, 0.717) is 39.4 Å². The van der Waals surface area contributed by atoms with Gasteiger partial charge in [-0.2, -0.15) is 0 Å². The number of fused-ring (bicyclic) bond motifs is 1. The predicted octanol–water partition coefficient (Wildman–Crippen LogP) is 7.13. The molecule has 2 aromatic carbocycles. The van der Waals surface area contributed by atoms with E-state index in [-0.39, 0.29) is 33.0 Å². The molecule has 0 unspecified atom stereocenters. The standard InChI is InChI=1S/C42H47Cl2N5O9S2/c1-9-24-21-42(24,38(52)48-60(54,55)33-19-28(43)35(44)59-33)47-36(50)31-18-26(22-49(31)37(51)34(40(2,3)4)46-39(53)58-41(5,6)7)57-32-20-29(23-13-11-10-12-14-23)45-30-17-25(56-8)15-16-27(30)32/h9-17,19-20,24,26,31,34H,1,18,21-22H2,2-8H3,(H,46,53)(H,47,50)(H,48,52)/t24-,26-,31+,34-,42-/m1/s1. The van der Waals surface area contributed by atoms with Crippen LogP contribution in [-0.2, 0) is 29.1 Å². The molecule has 0 spiro atoms. The highest BCUT2D eigenvalue weighted by Gasteiger charge is 2.61. The monoisotopic (exact) mass is 899 g/mol. The molecule has 5 atom stereocenters. The summed E-state index contributed by atoms with van der Waals surface area (Å²) >= 11 is 12.7. The van der Waals surface area contributed by atoms with Crippen LogP contribution in [0.2, 0.25) is 9.36 Å². The molecular formula is C42H47Cl2N5O9S2. The van der Waals surface area contributed by atoms with Gasteiger partial charge >= 0.3 is 6.09 Å². The Hall–Kier alpha value is -4.90. The number of hydrogen-bond acceptors (Lipinski definition) is 11. The molecule has 1 aliphatic heterocycles. The number of amides is 4. The summed E-state index contributed by atoms with van der Waals surface area (Å²) < 4.78 is 46.0. The lowest BCUT2D eigenvalue weighted by Crippen LogP contribution is -2.60. The molecule has 3 N–H and O–H groups in total. The number of alkyl carbamates (subject to hydrolysis) is 1. The quantitative estimate of drug-likeness (QED) is 0.124. The molecule has 18 heteroatoms. The van der Waals surface area contributed by atoms with E-state index in [2.05, 4.69) is 21.9 Å². The lowest BCUT2D eigenvalue weighted by atomic mass is 9.85. The second kappa shape index (κ2) is 16.9. The van der Waals surface area contributed by atoms with Crippen molar-refractivity contribution in [1.82, 2.24) is 25.2 Å². The fraction of sp³-hybridized carbons (Fsp3) is 0.405. The van der Waals surface area contributed by atoms with Crippen LogP contribution in [-0.4, -0.2) is 85.1 Å². The van der Waals surface area contributed by atoms with Crippen molar-refractivity contribution in [3.63, 3.8) is 0 Å². The van der Waals surface area contributed by atoms with Gasteiger partial charge in [-0.25, -0.2) is 22.9 Å². The van der Waals surface area contributed by atoms with Gasteiger partial charge in [-0.05, 0) is 50.8 Å². The minimum absolute atomic E-state index is 0.00107. The average molecular weight is 901 g/mol. The zero-order valence-corrected chi connectivity index (χ0v) is 37.3. The number of pyridine rings is 1. The van der Waals surface area contributed by atoms with Crippen LogP contribution in [0.4, 0.5) is 4.79 Å². The number of ether oxygens (including phenoxy) is 3. The maximum absolute atomic E-state index is 14.7. The van der Waals surface area contributed by atoms with Crippen LogP contribution in [0.15, 0.2) is 77.5 Å². The molecule has 4 amide bonds. The Labute approximate surface area is 363 Å². The Bertz CT molecular complexity index is 2430. The summed E-state index contributed by atoms with van der Waals surface area (Å²) in [6.45, 7) is 14.1. The number of nitrogens with one attached hydrogen (secondary N) is 3. The number of benzene rings is 2. The number of nitrogens with zero attached hydrogens (tertiary/aromatic N) is 2. The van der Waals surface area contributed by atoms with Crippen molar-refractivity contribution in [3.8, 4) is 22.8 Å². The maximum Gasteiger partial charge on any atom is 0.408 e. The van der Waals surface area contributed by atoms with Gasteiger partial charge in [0.2, 0.25) is 11.8 Å². The normalized spacial score (nSPS) is 20.8. The van der Waals surface area contributed by atoms with Crippen molar-refractivity contribution in [2.45, 2.75) is 87.9 Å². The van der Waals surface area contributed by atoms with E-state index in [9.17, 15) is 27.6 Å². The first-order valence-electron chi connectivity index (χ1n) is 19.0. The topological polar surface area (TPSA) is 182 Å². The van der Waals surface area contributed by atoms with Gasteiger partial charge < -0.3 is 29.7 Å². The summed E-state index contributed by atoms with van der Waals surface area (Å²) in [5.74, 6) is -1.97. The number of sulfonamides is 1. The smallest absolute Gasteiger partial charge is 0.408 e. The highest BCUT2D eigenvalue weighted by molar-refractivity contribution is 7.92. The van der Waals surface area contributed by atoms with E-state index >= 15 is 0 Å². The molecule has 3 heterocycles. The minimum atomic E-state index is -4.44. The Balaban J connectivity index is 1.35. The Morgan fingerprint density at radius 1 is 1.03 bits per heavy atom. The highest BCUT2D eigenvalue weighted by atomic mass is 35.5. The molecule has 0 radical (unpaired) electrons. The number of hydrogen-bond donors (Lipinski definition) is 3. The van der Waals surface area contributed by atoms with Crippen LogP contribution in [0.5, 0.6) is 11.5 Å². The molecule has 6 rings (SSSR count). The molecule has 14 nitrogen and oxygen atoms in total. The van der Waals surface area contributed by atoms with Crippen molar-refractivity contribution >= 4 is 79.3 Å². The fourth-order valence-corrected chi connectivity index (χ4v) is 9.93. The number of rotatable bonds is 12. The van der Waals surface area contributed by atoms with Crippen molar-refractivity contribution in [1.29, 1.82) is 0 Å². The summed E-state index contributed by atoms with van der Waals surface area (Å²) in [7, 11) is -2.89. The first-order valence-corrected chi connectivity index (χ1v) is 22.1. The van der Waals surface area contributed by atoms with E-state index in [0.717, 1.165) is 11.6 Å². The lowest BCUT2D eigenvalue weighted by Gasteiger charge is -2.36. The number of likely N-dealkylation sites (tertiary alicyclic amines) is 1. The van der Waals surface area contributed by atoms with Crippen LogP contribution in [0.1, 0.15) is 54.4 Å². The van der Waals surface area contributed by atoms with Crippen LogP contribution in [0.3, 0.4) is 0 Å². The van der Waals surface area contributed by atoms with Gasteiger partial charge in [0, 0.05) is 35.4 Å². The van der Waals surface area contributed by atoms with Crippen LogP contribution >= 0.6 is 34.5 Å². The molecule has 4 aromatic rings. The van der Waals surface area contributed by atoms with E-state index in [4.69, 9.17) is 42.4 Å². The second-order valence-corrected chi connectivity index (χ2v) is 20.8. The van der Waals surface area contributed by atoms with Gasteiger partial charge in [0.05, 0.1) is 29.9 Å². The number of carbonyl (C=O) groups is 4. The highest BCUT2D eigenvalue weighted by Crippen LogP contribution is 2.46. The first-order chi connectivity index (χ1) is 28.0. The van der Waals surface area contributed by atoms with Crippen LogP contribution < -0.4 is 24.8 Å². The largest absolute Gasteiger partial charge is 0.497 e. The minimum Gasteiger partial charge on any atom is -0.497 e. The third kappa shape index (κ3) is 9.67. The maximum atomic E-state index is 14.7. The van der Waals surface area contributed by atoms with Crippen LogP contribution in [0, 0.1) is 11.3 Å². The van der Waals surface area contributed by atoms with Gasteiger partial charge in [-0.1, -0.05) is 80.4 Å². The van der Waals surface area contributed by atoms with Crippen molar-refractivity contribution < 1.29 is 41.8 Å². The molecule has 60 heavy (non-hydrogen) atoms. The van der Waals surface area contributed by atoms with Gasteiger partial charge in [-0.15, -0.1) is 17.9 Å². The average Bonchev–Trinajstić information content (AvgIpc) is 3.54. The molecule has 2 aliphatic rings.